The van der Waals surface area contributed by atoms with Gasteiger partial charge in [-0.3, -0.25) is 0 Å². The first-order valence-corrected chi connectivity index (χ1v) is 25.0. The van der Waals surface area contributed by atoms with Gasteiger partial charge >= 0.3 is 247 Å². The van der Waals surface area contributed by atoms with E-state index in [4.69, 9.17) is 0 Å². The number of carbonyl (C=O) groups excluding carboxylic acids is 1. The molecule has 218 valence electrons. The first-order valence-electron chi connectivity index (χ1n) is 17.5. The van der Waals surface area contributed by atoms with Gasteiger partial charge < -0.3 is 0 Å². The SMILES string of the molecule is CCC[CH2][Sn]([CH2]CCC)([CH2]CCC)[c]1ccc(C[C@]23CCCCC2CC[C@@H]2[C@H]3CC[C@]3(C)C(=O)CC[C@@H]23)cc1. The monoisotopic (exact) mass is 640 g/mol. The first-order chi connectivity index (χ1) is 18.9. The van der Waals surface area contributed by atoms with Crippen LogP contribution < -0.4 is 3.58 Å². The van der Waals surface area contributed by atoms with Crippen molar-refractivity contribution >= 4 is 27.7 Å². The average Bonchev–Trinajstić information content (AvgIpc) is 3.27. The van der Waals surface area contributed by atoms with E-state index in [1.807, 2.05) is 3.58 Å². The summed E-state index contributed by atoms with van der Waals surface area (Å²) in [5.74, 6) is 3.87. The first kappa shape index (κ1) is 30.2. The Morgan fingerprint density at radius 2 is 1.44 bits per heavy atom. The van der Waals surface area contributed by atoms with E-state index in [1.54, 1.807) is 18.9 Å². The number of benzene rings is 1. The molecule has 5 rings (SSSR count). The Balaban J connectivity index is 1.41. The fourth-order valence-electron chi connectivity index (χ4n) is 10.9. The van der Waals surface area contributed by atoms with Crippen LogP contribution >= 0.6 is 0 Å². The Morgan fingerprint density at radius 1 is 0.769 bits per heavy atom. The maximum atomic E-state index is 13.0. The van der Waals surface area contributed by atoms with Gasteiger partial charge in [0.25, 0.3) is 0 Å². The van der Waals surface area contributed by atoms with Crippen LogP contribution in [0.2, 0.25) is 13.3 Å². The Labute approximate surface area is 246 Å². The summed E-state index contributed by atoms with van der Waals surface area (Å²) in [4.78, 5) is 13.0. The molecule has 0 amide bonds. The Hall–Kier alpha value is -0.311. The molecule has 1 aromatic carbocycles. The van der Waals surface area contributed by atoms with Gasteiger partial charge in [-0.15, -0.1) is 0 Å². The van der Waals surface area contributed by atoms with Crippen molar-refractivity contribution in [2.24, 2.45) is 34.5 Å². The normalized spacial score (nSPS) is 34.4. The van der Waals surface area contributed by atoms with Crippen LogP contribution in [0.5, 0.6) is 0 Å². The van der Waals surface area contributed by atoms with Gasteiger partial charge in [-0.25, -0.2) is 0 Å². The molecule has 2 heteroatoms. The Kier molecular flexibility index (Phi) is 9.98. The molecule has 6 atom stereocenters. The number of fused-ring (bicyclic) bond motifs is 5. The zero-order valence-corrected chi connectivity index (χ0v) is 29.0. The fraction of sp³-hybridized carbons (Fsp3) is 0.811. The molecule has 0 radical (unpaired) electrons. The summed E-state index contributed by atoms with van der Waals surface area (Å²) in [5, 5.41) is 0. The summed E-state index contributed by atoms with van der Waals surface area (Å²) in [6, 6.07) is 10.6. The van der Waals surface area contributed by atoms with Crippen molar-refractivity contribution in [3.8, 4) is 0 Å². The van der Waals surface area contributed by atoms with Crippen LogP contribution in [0.25, 0.3) is 0 Å². The molecule has 1 unspecified atom stereocenters. The van der Waals surface area contributed by atoms with Gasteiger partial charge in [0.15, 0.2) is 0 Å². The molecule has 0 aliphatic heterocycles. The van der Waals surface area contributed by atoms with Gasteiger partial charge in [-0.05, 0) is 0 Å². The van der Waals surface area contributed by atoms with Crippen molar-refractivity contribution in [1.29, 1.82) is 0 Å². The van der Waals surface area contributed by atoms with E-state index < -0.39 is 18.4 Å². The zero-order chi connectivity index (χ0) is 27.5. The summed E-state index contributed by atoms with van der Waals surface area (Å²) in [6.07, 6.45) is 22.9. The molecule has 0 N–H and O–H groups in total. The summed E-state index contributed by atoms with van der Waals surface area (Å²) in [6.45, 7) is 9.54. The van der Waals surface area contributed by atoms with Crippen molar-refractivity contribution in [1.82, 2.24) is 0 Å². The molecule has 0 saturated heterocycles. The quantitative estimate of drug-likeness (QED) is 0.208. The minimum absolute atomic E-state index is 0.0112. The molecular formula is C37H60OSn. The second-order valence-electron chi connectivity index (χ2n) is 15.0. The summed E-state index contributed by atoms with van der Waals surface area (Å²) < 4.78 is 6.55. The van der Waals surface area contributed by atoms with Crippen molar-refractivity contribution in [2.45, 2.75) is 150 Å². The fourth-order valence-corrected chi connectivity index (χ4v) is 26.8. The second-order valence-corrected chi connectivity index (χ2v) is 28.3. The van der Waals surface area contributed by atoms with Crippen molar-refractivity contribution < 1.29 is 4.79 Å². The van der Waals surface area contributed by atoms with Gasteiger partial charge in [-0.2, -0.15) is 0 Å². The van der Waals surface area contributed by atoms with Crippen LogP contribution in [0.15, 0.2) is 24.3 Å². The van der Waals surface area contributed by atoms with Crippen molar-refractivity contribution in [3.05, 3.63) is 29.8 Å². The van der Waals surface area contributed by atoms with Crippen LogP contribution in [0, 0.1) is 34.5 Å². The molecule has 1 aromatic rings. The second kappa shape index (κ2) is 12.9. The van der Waals surface area contributed by atoms with Gasteiger partial charge in [0.2, 0.25) is 0 Å². The number of carbonyl (C=O) groups is 1. The molecule has 0 aromatic heterocycles. The zero-order valence-electron chi connectivity index (χ0n) is 26.2. The number of hydrogen-bond donors (Lipinski definition) is 0. The van der Waals surface area contributed by atoms with E-state index in [2.05, 4.69) is 52.0 Å². The van der Waals surface area contributed by atoms with Crippen LogP contribution in [-0.4, -0.2) is 24.2 Å². The van der Waals surface area contributed by atoms with Gasteiger partial charge in [0, 0.05) is 0 Å². The molecule has 4 aliphatic carbocycles. The predicted molar refractivity (Wildman–Crippen MR) is 170 cm³/mol. The van der Waals surface area contributed by atoms with Crippen molar-refractivity contribution in [3.63, 3.8) is 0 Å². The molecular weight excluding hydrogens is 579 g/mol. The number of Topliss-reactive ketones (excluding diaryl/α,β-unsaturated/α-hetero) is 1. The van der Waals surface area contributed by atoms with Crippen LogP contribution in [-0.2, 0) is 11.2 Å². The van der Waals surface area contributed by atoms with Gasteiger partial charge in [0.1, 0.15) is 0 Å². The third-order valence-electron chi connectivity index (χ3n) is 13.1. The average molecular weight is 640 g/mol. The number of unbranched alkanes of at least 4 members (excludes halogenated alkanes) is 3. The molecule has 39 heavy (non-hydrogen) atoms. The van der Waals surface area contributed by atoms with Crippen LogP contribution in [0.1, 0.15) is 136 Å². The molecule has 0 bridgehead atoms. The standard InChI is InChI=1S/C25H33O.3C4H9.Sn/c1-24-16-14-22-20(21(24)12-13-23(24)26)11-10-19-9-5-6-15-25(19,22)17-18-7-3-2-4-8-18;3*1-3-4-2;/h3-4,7-8,19-22H,5-6,9-17H2,1H3;3*1,3-4H2,2H3;/t19?,20-,21-,22+,24-,25+;;;;/m0..../s1. The maximum absolute atomic E-state index is 13.0. The third kappa shape index (κ3) is 5.71. The summed E-state index contributed by atoms with van der Waals surface area (Å²) in [5.41, 5.74) is 2.16. The molecule has 4 fully saturated rings. The molecule has 4 saturated carbocycles. The van der Waals surface area contributed by atoms with Gasteiger partial charge in [-0.1, -0.05) is 0 Å². The van der Waals surface area contributed by atoms with Crippen LogP contribution in [0.3, 0.4) is 0 Å². The van der Waals surface area contributed by atoms with E-state index in [1.165, 1.54) is 103 Å². The van der Waals surface area contributed by atoms with E-state index in [-0.39, 0.29) is 5.41 Å². The molecule has 0 spiro atoms. The molecule has 4 aliphatic rings. The van der Waals surface area contributed by atoms with Crippen molar-refractivity contribution in [2.75, 3.05) is 0 Å². The minimum atomic E-state index is -2.37. The number of ketones is 1. The van der Waals surface area contributed by atoms with E-state index in [0.29, 0.717) is 17.1 Å². The predicted octanol–water partition coefficient (Wildman–Crippen LogP) is 10.3. The van der Waals surface area contributed by atoms with Crippen LogP contribution in [0.4, 0.5) is 0 Å². The summed E-state index contributed by atoms with van der Waals surface area (Å²) in [7, 11) is 0. The van der Waals surface area contributed by atoms with Gasteiger partial charge in [0.05, 0.1) is 0 Å². The Bertz CT molecular complexity index is 929. The third-order valence-corrected chi connectivity index (χ3v) is 28.8. The van der Waals surface area contributed by atoms with E-state index in [0.717, 1.165) is 24.2 Å². The summed E-state index contributed by atoms with van der Waals surface area (Å²) >= 11 is -2.37. The van der Waals surface area contributed by atoms with E-state index >= 15 is 0 Å². The number of hydrogen-bond acceptors (Lipinski definition) is 1. The number of rotatable bonds is 12. The Morgan fingerprint density at radius 3 is 2.08 bits per heavy atom. The molecule has 1 nitrogen and oxygen atoms in total. The molecule has 0 heterocycles. The topological polar surface area (TPSA) is 17.1 Å². The van der Waals surface area contributed by atoms with E-state index in [9.17, 15) is 4.79 Å².